The summed E-state index contributed by atoms with van der Waals surface area (Å²) in [4.78, 5) is 0.0835. The number of rotatable bonds is 8. The first-order valence-electron chi connectivity index (χ1n) is 9.23. The third-order valence-corrected chi connectivity index (χ3v) is 6.50. The van der Waals surface area contributed by atoms with Crippen molar-refractivity contribution in [3.05, 3.63) is 102 Å². The Bertz CT molecular complexity index is 1180. The molecule has 0 radical (unpaired) electrons. The molecule has 0 heterocycles. The van der Waals surface area contributed by atoms with E-state index in [1.165, 1.54) is 12.1 Å². The van der Waals surface area contributed by atoms with Crippen LogP contribution in [0, 0.1) is 6.92 Å². The van der Waals surface area contributed by atoms with Gasteiger partial charge in [0.25, 0.3) is 10.1 Å². The first-order chi connectivity index (χ1) is 14.2. The van der Waals surface area contributed by atoms with E-state index in [0.29, 0.717) is 11.1 Å². The minimum atomic E-state index is -3.96. The largest absolute Gasteiger partial charge is 0.265 e. The molecule has 0 aliphatic heterocycles. The molecule has 0 unspecified atom stereocenters. The van der Waals surface area contributed by atoms with Crippen LogP contribution in [0.4, 0.5) is 0 Å². The number of nitrogens with one attached hydrogen (secondary N) is 1. The Kier molecular flexibility index (Phi) is 6.72. The zero-order valence-electron chi connectivity index (χ0n) is 16.6. The van der Waals surface area contributed by atoms with Crippen molar-refractivity contribution in [2.75, 3.05) is 6.26 Å². The van der Waals surface area contributed by atoms with E-state index in [2.05, 4.69) is 4.72 Å². The number of benzene rings is 3. The van der Waals surface area contributed by atoms with Crippen molar-refractivity contribution in [3.63, 3.8) is 0 Å². The van der Waals surface area contributed by atoms with Gasteiger partial charge in [-0.15, -0.1) is 0 Å². The van der Waals surface area contributed by atoms with Crippen LogP contribution in [0.3, 0.4) is 0 Å². The van der Waals surface area contributed by atoms with Crippen molar-refractivity contribution >= 4 is 20.1 Å². The summed E-state index contributed by atoms with van der Waals surface area (Å²) >= 11 is 0. The lowest BCUT2D eigenvalue weighted by molar-refractivity contribution is 0.175. The Hall–Kier alpha value is -2.52. The Morgan fingerprint density at radius 3 is 1.73 bits per heavy atom. The van der Waals surface area contributed by atoms with Crippen molar-refractivity contribution in [1.82, 2.24) is 4.72 Å². The van der Waals surface area contributed by atoms with E-state index >= 15 is 0 Å². The van der Waals surface area contributed by atoms with Gasteiger partial charge in [0.1, 0.15) is 6.10 Å². The fourth-order valence-electron chi connectivity index (χ4n) is 3.05. The quantitative estimate of drug-likeness (QED) is 0.534. The van der Waals surface area contributed by atoms with Crippen LogP contribution in [-0.2, 0) is 24.3 Å². The zero-order valence-corrected chi connectivity index (χ0v) is 18.2. The van der Waals surface area contributed by atoms with E-state index in [0.717, 1.165) is 11.8 Å². The molecule has 0 spiro atoms. The lowest BCUT2D eigenvalue weighted by atomic mass is 9.97. The van der Waals surface area contributed by atoms with Crippen molar-refractivity contribution in [3.8, 4) is 0 Å². The van der Waals surface area contributed by atoms with Crippen molar-refractivity contribution < 1.29 is 21.0 Å². The standard InChI is InChI=1S/C22H23NO5S2/c1-17-13-15-20(16-14-17)30(26,27)23-21(18-9-5-3-6-10-18)22(28-29(2,24)25)19-11-7-4-8-12-19/h3-16,21-23H,1-2H3/t21-,22+/m0/s1. The molecule has 3 aromatic carbocycles. The SMILES string of the molecule is Cc1ccc(S(=O)(=O)N[C@@H](c2ccccc2)[C@H](OS(C)(=O)=O)c2ccccc2)cc1. The molecule has 0 aliphatic rings. The first-order valence-corrected chi connectivity index (χ1v) is 12.5. The van der Waals surface area contributed by atoms with E-state index in [1.807, 2.05) is 6.92 Å². The molecular formula is C22H23NO5S2. The summed E-state index contributed by atoms with van der Waals surface area (Å²) in [6.45, 7) is 1.86. The fourth-order valence-corrected chi connectivity index (χ4v) is 4.88. The van der Waals surface area contributed by atoms with Crippen molar-refractivity contribution in [1.29, 1.82) is 0 Å². The molecule has 30 heavy (non-hydrogen) atoms. The molecular weight excluding hydrogens is 422 g/mol. The van der Waals surface area contributed by atoms with Crippen LogP contribution in [0.5, 0.6) is 0 Å². The minimum absolute atomic E-state index is 0.0835. The van der Waals surface area contributed by atoms with Crippen LogP contribution in [0.2, 0.25) is 0 Å². The van der Waals surface area contributed by atoms with Gasteiger partial charge in [-0.2, -0.15) is 8.42 Å². The predicted molar refractivity (Wildman–Crippen MR) is 116 cm³/mol. The summed E-state index contributed by atoms with van der Waals surface area (Å²) in [5, 5.41) is 0. The van der Waals surface area contributed by atoms with E-state index in [9.17, 15) is 16.8 Å². The molecule has 0 fully saturated rings. The molecule has 0 saturated carbocycles. The highest BCUT2D eigenvalue weighted by Crippen LogP contribution is 2.34. The average molecular weight is 446 g/mol. The van der Waals surface area contributed by atoms with Crippen molar-refractivity contribution in [2.24, 2.45) is 0 Å². The molecule has 0 amide bonds. The molecule has 3 rings (SSSR count). The topological polar surface area (TPSA) is 89.5 Å². The van der Waals surface area contributed by atoms with E-state index in [4.69, 9.17) is 4.18 Å². The third kappa shape index (κ3) is 5.76. The van der Waals surface area contributed by atoms with Crippen molar-refractivity contribution in [2.45, 2.75) is 24.0 Å². The predicted octanol–water partition coefficient (Wildman–Crippen LogP) is 3.73. The van der Waals surface area contributed by atoms with Gasteiger partial charge in [-0.05, 0) is 30.2 Å². The average Bonchev–Trinajstić information content (AvgIpc) is 2.71. The van der Waals surface area contributed by atoms with Gasteiger partial charge in [-0.3, -0.25) is 4.18 Å². The summed E-state index contributed by atoms with van der Waals surface area (Å²) in [5.41, 5.74) is 2.03. The lowest BCUT2D eigenvalue weighted by Gasteiger charge is -2.28. The van der Waals surface area contributed by atoms with Gasteiger partial charge in [0.15, 0.2) is 0 Å². The van der Waals surface area contributed by atoms with Gasteiger partial charge in [0.2, 0.25) is 10.0 Å². The third-order valence-electron chi connectivity index (χ3n) is 4.48. The number of hydrogen-bond acceptors (Lipinski definition) is 5. The molecule has 0 saturated heterocycles. The Balaban J connectivity index is 2.10. The zero-order chi connectivity index (χ0) is 21.8. The monoisotopic (exact) mass is 445 g/mol. The number of sulfonamides is 1. The Morgan fingerprint density at radius 2 is 1.23 bits per heavy atom. The molecule has 2 atom stereocenters. The first kappa shape index (κ1) is 22.2. The van der Waals surface area contributed by atoms with Crippen LogP contribution in [0.25, 0.3) is 0 Å². The molecule has 1 N–H and O–H groups in total. The maximum atomic E-state index is 13.1. The van der Waals surface area contributed by atoms with Crippen LogP contribution in [0.1, 0.15) is 28.8 Å². The highest BCUT2D eigenvalue weighted by molar-refractivity contribution is 7.89. The lowest BCUT2D eigenvalue weighted by Crippen LogP contribution is -2.34. The minimum Gasteiger partial charge on any atom is -0.260 e. The molecule has 0 aliphatic carbocycles. The molecule has 8 heteroatoms. The second kappa shape index (κ2) is 9.09. The molecule has 6 nitrogen and oxygen atoms in total. The second-order valence-corrected chi connectivity index (χ2v) is 10.3. The molecule has 0 aromatic heterocycles. The summed E-state index contributed by atoms with van der Waals surface area (Å²) < 4.78 is 58.3. The molecule has 3 aromatic rings. The summed E-state index contributed by atoms with van der Waals surface area (Å²) in [6, 6.07) is 22.9. The maximum Gasteiger partial charge on any atom is 0.265 e. The molecule has 158 valence electrons. The van der Waals surface area contributed by atoms with Crippen LogP contribution in [0.15, 0.2) is 89.8 Å². The van der Waals surface area contributed by atoms with Gasteiger partial charge in [-0.25, -0.2) is 13.1 Å². The highest BCUT2D eigenvalue weighted by Gasteiger charge is 2.33. The second-order valence-electron chi connectivity index (χ2n) is 6.95. The summed E-state index contributed by atoms with van der Waals surface area (Å²) in [6.07, 6.45) is -0.150. The number of aryl methyl sites for hydroxylation is 1. The van der Waals surface area contributed by atoms with E-state index in [1.54, 1.807) is 72.8 Å². The molecule has 0 bridgehead atoms. The number of hydrogen-bond donors (Lipinski definition) is 1. The Morgan fingerprint density at radius 1 is 0.733 bits per heavy atom. The van der Waals surface area contributed by atoms with Gasteiger partial charge in [0, 0.05) is 0 Å². The van der Waals surface area contributed by atoms with E-state index in [-0.39, 0.29) is 4.90 Å². The smallest absolute Gasteiger partial charge is 0.260 e. The fraction of sp³-hybridized carbons (Fsp3) is 0.182. The normalized spacial score (nSPS) is 14.2. The van der Waals surface area contributed by atoms with Gasteiger partial charge in [0.05, 0.1) is 17.2 Å². The van der Waals surface area contributed by atoms with Crippen LogP contribution >= 0.6 is 0 Å². The summed E-state index contributed by atoms with van der Waals surface area (Å²) in [5.74, 6) is 0. The van der Waals surface area contributed by atoms with E-state index < -0.39 is 32.3 Å². The van der Waals surface area contributed by atoms with Gasteiger partial charge < -0.3 is 0 Å². The van der Waals surface area contributed by atoms with Gasteiger partial charge in [-0.1, -0.05) is 78.4 Å². The van der Waals surface area contributed by atoms with Gasteiger partial charge >= 0.3 is 0 Å². The maximum absolute atomic E-state index is 13.1. The highest BCUT2D eigenvalue weighted by atomic mass is 32.2. The summed E-state index contributed by atoms with van der Waals surface area (Å²) in [7, 11) is -7.84. The van der Waals surface area contributed by atoms with Crippen LogP contribution in [-0.4, -0.2) is 23.1 Å². The van der Waals surface area contributed by atoms with Crippen LogP contribution < -0.4 is 4.72 Å². The Labute approximate surface area is 177 Å².